The van der Waals surface area contributed by atoms with Crippen molar-refractivity contribution in [2.24, 2.45) is 0 Å². The van der Waals surface area contributed by atoms with Crippen molar-refractivity contribution in [2.75, 3.05) is 12.8 Å². The monoisotopic (exact) mass is 253 g/mol. The van der Waals surface area contributed by atoms with E-state index in [4.69, 9.17) is 0 Å². The standard InChI is InChI=1S/C14H23NOS/c1-11-7-5-6-8-14(11)9-12(2)15-10-13(3)17(4)16/h5-8,12-13,15H,9-10H2,1-4H3. The minimum Gasteiger partial charge on any atom is -0.313 e. The number of hydrogen-bond acceptors (Lipinski definition) is 2. The second-order valence-electron chi connectivity index (χ2n) is 4.75. The van der Waals surface area contributed by atoms with Gasteiger partial charge in [-0.3, -0.25) is 4.21 Å². The Balaban J connectivity index is 2.42. The lowest BCUT2D eigenvalue weighted by Crippen LogP contribution is -2.35. The maximum Gasteiger partial charge on any atom is 0.0441 e. The maximum absolute atomic E-state index is 11.2. The molecule has 1 rings (SSSR count). The summed E-state index contributed by atoms with van der Waals surface area (Å²) in [6.45, 7) is 7.16. The lowest BCUT2D eigenvalue weighted by atomic mass is 10.0. The minimum absolute atomic E-state index is 0.217. The number of hydrogen-bond donors (Lipinski definition) is 1. The van der Waals surface area contributed by atoms with Crippen LogP contribution in [0.1, 0.15) is 25.0 Å². The highest BCUT2D eigenvalue weighted by Gasteiger charge is 2.09. The molecule has 0 aliphatic rings. The van der Waals surface area contributed by atoms with Gasteiger partial charge in [-0.2, -0.15) is 0 Å². The van der Waals surface area contributed by atoms with Crippen molar-refractivity contribution < 1.29 is 4.21 Å². The lowest BCUT2D eigenvalue weighted by molar-refractivity contribution is 0.542. The van der Waals surface area contributed by atoms with E-state index in [0.717, 1.165) is 13.0 Å². The predicted molar refractivity (Wildman–Crippen MR) is 75.9 cm³/mol. The molecule has 1 N–H and O–H groups in total. The zero-order valence-electron chi connectivity index (χ0n) is 11.2. The fourth-order valence-corrected chi connectivity index (χ4v) is 2.06. The van der Waals surface area contributed by atoms with Gasteiger partial charge in [-0.25, -0.2) is 0 Å². The summed E-state index contributed by atoms with van der Waals surface area (Å²) < 4.78 is 11.2. The van der Waals surface area contributed by atoms with E-state index in [1.165, 1.54) is 11.1 Å². The molecule has 2 nitrogen and oxygen atoms in total. The van der Waals surface area contributed by atoms with Gasteiger partial charge in [0.25, 0.3) is 0 Å². The van der Waals surface area contributed by atoms with Gasteiger partial charge >= 0.3 is 0 Å². The van der Waals surface area contributed by atoms with Crippen LogP contribution in [0.3, 0.4) is 0 Å². The van der Waals surface area contributed by atoms with E-state index in [9.17, 15) is 4.21 Å². The van der Waals surface area contributed by atoms with Crippen LogP contribution in [0, 0.1) is 6.92 Å². The SMILES string of the molecule is Cc1ccccc1CC(C)NCC(C)S(C)=O. The van der Waals surface area contributed by atoms with Gasteiger partial charge < -0.3 is 5.32 Å². The third kappa shape index (κ3) is 5.00. The molecular weight excluding hydrogens is 230 g/mol. The van der Waals surface area contributed by atoms with Gasteiger partial charge in [-0.05, 0) is 38.3 Å². The molecule has 1 aromatic carbocycles. The van der Waals surface area contributed by atoms with E-state index >= 15 is 0 Å². The zero-order chi connectivity index (χ0) is 12.8. The van der Waals surface area contributed by atoms with Gasteiger partial charge in [0.1, 0.15) is 0 Å². The summed E-state index contributed by atoms with van der Waals surface area (Å²) in [7, 11) is -0.740. The topological polar surface area (TPSA) is 29.1 Å². The molecule has 0 saturated heterocycles. The first kappa shape index (κ1) is 14.4. The molecule has 3 unspecified atom stereocenters. The maximum atomic E-state index is 11.2. The van der Waals surface area contributed by atoms with Crippen molar-refractivity contribution in [1.82, 2.24) is 5.32 Å². The van der Waals surface area contributed by atoms with E-state index in [1.807, 2.05) is 6.92 Å². The Labute approximate surface area is 107 Å². The molecule has 0 aromatic heterocycles. The van der Waals surface area contributed by atoms with Crippen molar-refractivity contribution in [3.05, 3.63) is 35.4 Å². The van der Waals surface area contributed by atoms with Crippen molar-refractivity contribution >= 4 is 10.8 Å². The minimum atomic E-state index is -0.740. The van der Waals surface area contributed by atoms with Gasteiger partial charge in [0.15, 0.2) is 0 Å². The Kier molecular flexibility index (Phi) is 5.86. The highest BCUT2D eigenvalue weighted by atomic mass is 32.2. The molecule has 0 heterocycles. The van der Waals surface area contributed by atoms with Crippen molar-refractivity contribution in [3.8, 4) is 0 Å². The quantitative estimate of drug-likeness (QED) is 0.843. The van der Waals surface area contributed by atoms with Crippen LogP contribution >= 0.6 is 0 Å². The van der Waals surface area contributed by atoms with Crippen molar-refractivity contribution in [1.29, 1.82) is 0 Å². The molecule has 1 aromatic rings. The van der Waals surface area contributed by atoms with Crippen LogP contribution in [0.15, 0.2) is 24.3 Å². The average Bonchev–Trinajstić information content (AvgIpc) is 2.29. The van der Waals surface area contributed by atoms with Crippen LogP contribution in [0.5, 0.6) is 0 Å². The Bertz CT molecular complexity index is 378. The average molecular weight is 253 g/mol. The first-order valence-electron chi connectivity index (χ1n) is 6.10. The van der Waals surface area contributed by atoms with E-state index in [-0.39, 0.29) is 5.25 Å². The molecule has 0 aliphatic heterocycles. The van der Waals surface area contributed by atoms with Crippen molar-refractivity contribution in [2.45, 2.75) is 38.5 Å². The number of aryl methyl sites for hydroxylation is 1. The molecular formula is C14H23NOS. The van der Waals surface area contributed by atoms with Gasteiger partial charge in [-0.15, -0.1) is 0 Å². The van der Waals surface area contributed by atoms with E-state index < -0.39 is 10.8 Å². The van der Waals surface area contributed by atoms with Crippen LogP contribution < -0.4 is 5.32 Å². The first-order chi connectivity index (χ1) is 8.00. The normalized spacial score (nSPS) is 16.5. The molecule has 3 heteroatoms. The molecule has 96 valence electrons. The highest BCUT2D eigenvalue weighted by molar-refractivity contribution is 7.84. The predicted octanol–water partition coefficient (Wildman–Crippen LogP) is 2.28. The molecule has 0 fully saturated rings. The molecule has 0 aliphatic carbocycles. The van der Waals surface area contributed by atoms with Crippen LogP contribution in [0.4, 0.5) is 0 Å². The van der Waals surface area contributed by atoms with Crippen LogP contribution in [0.25, 0.3) is 0 Å². The van der Waals surface area contributed by atoms with Gasteiger partial charge in [0, 0.05) is 34.9 Å². The molecule has 0 spiro atoms. The highest BCUT2D eigenvalue weighted by Crippen LogP contribution is 2.09. The lowest BCUT2D eigenvalue weighted by Gasteiger charge is -2.17. The number of rotatable bonds is 6. The molecule has 17 heavy (non-hydrogen) atoms. The molecule has 0 radical (unpaired) electrons. The zero-order valence-corrected chi connectivity index (χ0v) is 12.0. The summed E-state index contributed by atoms with van der Waals surface area (Å²) in [6, 6.07) is 8.89. The third-order valence-corrected chi connectivity index (χ3v) is 4.41. The van der Waals surface area contributed by atoms with Crippen molar-refractivity contribution in [3.63, 3.8) is 0 Å². The summed E-state index contributed by atoms with van der Waals surface area (Å²) in [4.78, 5) is 0. The third-order valence-electron chi connectivity index (χ3n) is 3.11. The second-order valence-corrected chi connectivity index (χ2v) is 6.55. The Morgan fingerprint density at radius 2 is 1.94 bits per heavy atom. The summed E-state index contributed by atoms with van der Waals surface area (Å²) in [5, 5.41) is 3.66. The molecule has 0 bridgehead atoms. The summed E-state index contributed by atoms with van der Waals surface area (Å²) in [5.41, 5.74) is 2.73. The summed E-state index contributed by atoms with van der Waals surface area (Å²) in [5.74, 6) is 0. The summed E-state index contributed by atoms with van der Waals surface area (Å²) >= 11 is 0. The Morgan fingerprint density at radius 1 is 1.29 bits per heavy atom. The second kappa shape index (κ2) is 6.92. The van der Waals surface area contributed by atoms with Gasteiger partial charge in [0.05, 0.1) is 0 Å². The fourth-order valence-electron chi connectivity index (χ4n) is 1.73. The summed E-state index contributed by atoms with van der Waals surface area (Å²) in [6.07, 6.45) is 2.79. The van der Waals surface area contributed by atoms with Crippen LogP contribution in [0.2, 0.25) is 0 Å². The van der Waals surface area contributed by atoms with E-state index in [0.29, 0.717) is 6.04 Å². The largest absolute Gasteiger partial charge is 0.313 e. The molecule has 0 amide bonds. The molecule has 0 saturated carbocycles. The Morgan fingerprint density at radius 3 is 2.53 bits per heavy atom. The Hall–Kier alpha value is -0.670. The van der Waals surface area contributed by atoms with Gasteiger partial charge in [-0.1, -0.05) is 24.3 Å². The fraction of sp³-hybridized carbons (Fsp3) is 0.571. The van der Waals surface area contributed by atoms with E-state index in [2.05, 4.69) is 43.4 Å². The number of nitrogens with one attached hydrogen (secondary N) is 1. The first-order valence-corrected chi connectivity index (χ1v) is 7.73. The smallest absolute Gasteiger partial charge is 0.0441 e. The number of benzene rings is 1. The van der Waals surface area contributed by atoms with Gasteiger partial charge in [0.2, 0.25) is 0 Å². The van der Waals surface area contributed by atoms with Crippen LogP contribution in [-0.4, -0.2) is 28.3 Å². The van der Waals surface area contributed by atoms with E-state index in [1.54, 1.807) is 6.26 Å². The molecule has 3 atom stereocenters. The van der Waals surface area contributed by atoms with Crippen LogP contribution in [-0.2, 0) is 17.2 Å².